The zero-order chi connectivity index (χ0) is 32.6. The number of hydrogen-bond donors (Lipinski definition) is 1. The number of rotatable bonds is 7. The van der Waals surface area contributed by atoms with E-state index in [1.807, 2.05) is 81.8 Å². The molecule has 1 fully saturated rings. The maximum atomic E-state index is 13.3. The predicted molar refractivity (Wildman–Crippen MR) is 176 cm³/mol. The second-order valence-electron chi connectivity index (χ2n) is 12.3. The Morgan fingerprint density at radius 1 is 1.07 bits per heavy atom. The van der Waals surface area contributed by atoms with Crippen molar-refractivity contribution in [3.05, 3.63) is 78.4 Å². The molecule has 236 valence electrons. The number of ether oxygens (including phenoxy) is 2. The van der Waals surface area contributed by atoms with E-state index < -0.39 is 11.7 Å². The number of aromatic nitrogens is 5. The van der Waals surface area contributed by atoms with Crippen molar-refractivity contribution in [3.8, 4) is 11.5 Å². The molecule has 0 aliphatic carbocycles. The summed E-state index contributed by atoms with van der Waals surface area (Å²) in [6.45, 7) is 8.16. The van der Waals surface area contributed by atoms with Crippen LogP contribution in [0.2, 0.25) is 0 Å². The molecule has 2 aromatic carbocycles. The Morgan fingerprint density at radius 2 is 1.89 bits per heavy atom. The first-order valence-corrected chi connectivity index (χ1v) is 15.0. The first kappa shape index (κ1) is 30.5. The second kappa shape index (κ2) is 12.1. The first-order valence-electron chi connectivity index (χ1n) is 15.0. The van der Waals surface area contributed by atoms with Crippen LogP contribution in [0.15, 0.2) is 72.8 Å². The van der Waals surface area contributed by atoms with E-state index in [1.54, 1.807) is 30.4 Å². The number of anilines is 3. The minimum atomic E-state index is -0.592. The third-order valence-electron chi connectivity index (χ3n) is 7.55. The van der Waals surface area contributed by atoms with Gasteiger partial charge in [0.1, 0.15) is 34.8 Å². The number of fused-ring (bicyclic) bond motifs is 2. The third kappa shape index (κ3) is 6.46. The number of aryl methyl sites for hydroxylation is 2. The Balaban J connectivity index is 1.17. The molecule has 1 saturated heterocycles. The van der Waals surface area contributed by atoms with Crippen molar-refractivity contribution in [3.63, 3.8) is 0 Å². The molecule has 0 radical (unpaired) electrons. The summed E-state index contributed by atoms with van der Waals surface area (Å²) in [6, 6.07) is 15.2. The van der Waals surface area contributed by atoms with Crippen LogP contribution in [0.5, 0.6) is 11.5 Å². The normalized spacial score (nSPS) is 14.3. The van der Waals surface area contributed by atoms with E-state index in [-0.39, 0.29) is 12.5 Å². The lowest BCUT2D eigenvalue weighted by molar-refractivity contribution is -0.114. The number of amides is 2. The molecular formula is C34H36N8O4. The van der Waals surface area contributed by atoms with Gasteiger partial charge < -0.3 is 24.3 Å². The smallest absolute Gasteiger partial charge is 0.410 e. The van der Waals surface area contributed by atoms with Gasteiger partial charge in [0, 0.05) is 44.5 Å². The standard InChI is InChI=1S/C34H36N8O4/c1-21-17-23(7-11-28(21)45-24-8-10-27-26(18-24)37-20-41(27)6)38-31-30-25(35-19-36-31)9-12-29(39-30)42-16-14-22(32(42)43)13-15-40(5)33(44)46-34(2,3)4/h7-13,17-20H,14-16H2,1-6H3,(H,35,36,38)/b22-13+. The molecule has 12 heteroatoms. The van der Waals surface area contributed by atoms with Gasteiger partial charge in [-0.05, 0) is 82.1 Å². The molecule has 12 nitrogen and oxygen atoms in total. The number of nitrogens with one attached hydrogen (secondary N) is 1. The molecule has 0 bridgehead atoms. The zero-order valence-electron chi connectivity index (χ0n) is 26.7. The Bertz CT molecular complexity index is 1990. The highest BCUT2D eigenvalue weighted by molar-refractivity contribution is 6.08. The van der Waals surface area contributed by atoms with Gasteiger partial charge in [0.25, 0.3) is 5.91 Å². The predicted octanol–water partition coefficient (Wildman–Crippen LogP) is 6.29. The molecule has 1 aliphatic rings. The lowest BCUT2D eigenvalue weighted by atomic mass is 10.2. The van der Waals surface area contributed by atoms with Crippen LogP contribution >= 0.6 is 0 Å². The van der Waals surface area contributed by atoms with Crippen LogP contribution in [-0.2, 0) is 16.6 Å². The molecule has 0 unspecified atom stereocenters. The van der Waals surface area contributed by atoms with Gasteiger partial charge in [0.15, 0.2) is 5.82 Å². The van der Waals surface area contributed by atoms with Gasteiger partial charge in [-0.3, -0.25) is 9.69 Å². The fourth-order valence-electron chi connectivity index (χ4n) is 5.14. The van der Waals surface area contributed by atoms with E-state index in [2.05, 4.69) is 20.3 Å². The summed E-state index contributed by atoms with van der Waals surface area (Å²) >= 11 is 0. The van der Waals surface area contributed by atoms with Crippen molar-refractivity contribution >= 4 is 51.4 Å². The summed E-state index contributed by atoms with van der Waals surface area (Å²) in [7, 11) is 3.60. The van der Waals surface area contributed by atoms with E-state index in [4.69, 9.17) is 14.5 Å². The van der Waals surface area contributed by atoms with Crippen molar-refractivity contribution < 1.29 is 19.1 Å². The lowest BCUT2D eigenvalue weighted by Gasteiger charge is -2.24. The topological polar surface area (TPSA) is 128 Å². The van der Waals surface area contributed by atoms with E-state index in [1.165, 1.54) is 11.2 Å². The number of benzene rings is 2. The molecular weight excluding hydrogens is 584 g/mol. The molecule has 0 atom stereocenters. The van der Waals surface area contributed by atoms with Crippen molar-refractivity contribution in [2.24, 2.45) is 7.05 Å². The average molecular weight is 621 g/mol. The van der Waals surface area contributed by atoms with Crippen LogP contribution < -0.4 is 15.0 Å². The van der Waals surface area contributed by atoms with Crippen LogP contribution in [0.4, 0.5) is 22.1 Å². The third-order valence-corrected chi connectivity index (χ3v) is 7.55. The molecule has 4 heterocycles. The Kier molecular flexibility index (Phi) is 8.03. The maximum absolute atomic E-state index is 13.3. The minimum absolute atomic E-state index is 0.149. The molecule has 1 aliphatic heterocycles. The van der Waals surface area contributed by atoms with Crippen LogP contribution in [-0.4, -0.2) is 67.1 Å². The zero-order valence-corrected chi connectivity index (χ0v) is 26.7. The van der Waals surface area contributed by atoms with E-state index in [9.17, 15) is 9.59 Å². The van der Waals surface area contributed by atoms with Crippen LogP contribution in [0.25, 0.3) is 22.1 Å². The summed E-state index contributed by atoms with van der Waals surface area (Å²) in [6.07, 6.45) is 5.13. The second-order valence-corrected chi connectivity index (χ2v) is 12.3. The number of pyridine rings is 1. The first-order chi connectivity index (χ1) is 21.9. The molecule has 0 spiro atoms. The summed E-state index contributed by atoms with van der Waals surface area (Å²) in [5.41, 5.74) is 4.84. The maximum Gasteiger partial charge on any atom is 0.410 e. The molecule has 2 amide bonds. The van der Waals surface area contributed by atoms with Crippen LogP contribution in [0, 0.1) is 6.92 Å². The summed E-state index contributed by atoms with van der Waals surface area (Å²) in [4.78, 5) is 46.7. The van der Waals surface area contributed by atoms with E-state index in [0.29, 0.717) is 47.0 Å². The van der Waals surface area contributed by atoms with Gasteiger partial charge in [-0.2, -0.15) is 0 Å². The highest BCUT2D eigenvalue weighted by Crippen LogP contribution is 2.32. The lowest BCUT2D eigenvalue weighted by Crippen LogP contribution is -2.34. The largest absolute Gasteiger partial charge is 0.457 e. The van der Waals surface area contributed by atoms with Crippen LogP contribution in [0.3, 0.4) is 0 Å². The van der Waals surface area contributed by atoms with Gasteiger partial charge in [-0.1, -0.05) is 6.08 Å². The Labute approximate surface area is 266 Å². The van der Waals surface area contributed by atoms with Crippen molar-refractivity contribution in [1.29, 1.82) is 0 Å². The molecule has 6 rings (SSSR count). The number of carbonyl (C=O) groups is 2. The van der Waals surface area contributed by atoms with Gasteiger partial charge in [0.2, 0.25) is 0 Å². The van der Waals surface area contributed by atoms with Gasteiger partial charge >= 0.3 is 6.09 Å². The number of hydrogen-bond acceptors (Lipinski definition) is 9. The Morgan fingerprint density at radius 3 is 2.67 bits per heavy atom. The van der Waals surface area contributed by atoms with Gasteiger partial charge in [0.05, 0.1) is 22.9 Å². The molecule has 5 aromatic rings. The average Bonchev–Trinajstić information content (AvgIpc) is 3.57. The van der Waals surface area contributed by atoms with E-state index >= 15 is 0 Å². The number of likely N-dealkylation sites (N-methyl/N-ethyl adjacent to an activating group) is 1. The summed E-state index contributed by atoms with van der Waals surface area (Å²) in [5, 5.41) is 3.36. The summed E-state index contributed by atoms with van der Waals surface area (Å²) in [5.74, 6) is 2.30. The fraction of sp³-hybridized carbons (Fsp3) is 0.294. The quantitative estimate of drug-likeness (QED) is 0.209. The van der Waals surface area contributed by atoms with Crippen LogP contribution in [0.1, 0.15) is 32.8 Å². The monoisotopic (exact) mass is 620 g/mol. The SMILES string of the molecule is Cc1cc(Nc2ncnc3ccc(N4CC/C(=C\CN(C)C(=O)OC(C)(C)C)C4=O)nc23)ccc1Oc1ccc2c(c1)ncn2C. The molecule has 3 aromatic heterocycles. The van der Waals surface area contributed by atoms with Crippen molar-refractivity contribution in [2.75, 3.05) is 30.4 Å². The Hall–Kier alpha value is -5.52. The summed E-state index contributed by atoms with van der Waals surface area (Å²) < 4.78 is 13.5. The van der Waals surface area contributed by atoms with Gasteiger partial charge in [-0.15, -0.1) is 0 Å². The molecule has 46 heavy (non-hydrogen) atoms. The highest BCUT2D eigenvalue weighted by Gasteiger charge is 2.29. The van der Waals surface area contributed by atoms with E-state index in [0.717, 1.165) is 28.0 Å². The fourth-order valence-corrected chi connectivity index (χ4v) is 5.14. The van der Waals surface area contributed by atoms with Crippen molar-refractivity contribution in [2.45, 2.75) is 39.7 Å². The molecule has 0 saturated carbocycles. The highest BCUT2D eigenvalue weighted by atomic mass is 16.6. The van der Waals surface area contributed by atoms with Crippen molar-refractivity contribution in [1.82, 2.24) is 29.4 Å². The number of imidazole rings is 1. The minimum Gasteiger partial charge on any atom is -0.457 e. The number of carbonyl (C=O) groups excluding carboxylic acids is 2. The number of nitrogens with zero attached hydrogens (tertiary/aromatic N) is 7. The molecule has 1 N–H and O–H groups in total. The van der Waals surface area contributed by atoms with Gasteiger partial charge in [-0.25, -0.2) is 24.7 Å².